The second-order valence-corrected chi connectivity index (χ2v) is 3.13. The Hall–Kier alpha value is -1.29. The Morgan fingerprint density at radius 2 is 2.43 bits per heavy atom. The van der Waals surface area contributed by atoms with Crippen molar-refractivity contribution in [2.24, 2.45) is 0 Å². The zero-order chi connectivity index (χ0) is 10.6. The van der Waals surface area contributed by atoms with Gasteiger partial charge in [0.05, 0.1) is 11.4 Å². The summed E-state index contributed by atoms with van der Waals surface area (Å²) in [7, 11) is 1.89. The summed E-state index contributed by atoms with van der Waals surface area (Å²) < 4.78 is 0. The summed E-state index contributed by atoms with van der Waals surface area (Å²) >= 11 is 5.93. The van der Waals surface area contributed by atoms with Gasteiger partial charge < -0.3 is 10.2 Å². The number of hydrogen-bond acceptors (Lipinski definition) is 3. The molecule has 0 aliphatic carbocycles. The molecule has 76 valence electrons. The number of halogens is 1. The Balaban J connectivity index is 3.14. The molecular formula is C9H12ClN3O. The third-order valence-electron chi connectivity index (χ3n) is 1.95. The van der Waals surface area contributed by atoms with Gasteiger partial charge in [0.15, 0.2) is 5.15 Å². The fourth-order valence-corrected chi connectivity index (χ4v) is 1.43. The number of aromatic nitrogens is 1. The molecule has 0 spiro atoms. The molecule has 0 unspecified atom stereocenters. The smallest absolute Gasteiger partial charge is 0.211 e. The third kappa shape index (κ3) is 2.14. The summed E-state index contributed by atoms with van der Waals surface area (Å²) in [6.07, 6.45) is 2.18. The molecule has 5 heteroatoms. The van der Waals surface area contributed by atoms with Crippen LogP contribution in [0.4, 0.5) is 11.4 Å². The predicted molar refractivity (Wildman–Crippen MR) is 57.9 cm³/mol. The minimum atomic E-state index is 0.390. The highest BCUT2D eigenvalue weighted by molar-refractivity contribution is 6.32. The van der Waals surface area contributed by atoms with E-state index in [0.29, 0.717) is 17.3 Å². The van der Waals surface area contributed by atoms with E-state index in [1.165, 1.54) is 0 Å². The normalized spacial score (nSPS) is 9.64. The number of nitrogens with one attached hydrogen (secondary N) is 1. The van der Waals surface area contributed by atoms with Gasteiger partial charge in [-0.05, 0) is 13.0 Å². The second-order valence-electron chi connectivity index (χ2n) is 2.77. The summed E-state index contributed by atoms with van der Waals surface area (Å²) in [5, 5.41) is 2.98. The first-order valence-corrected chi connectivity index (χ1v) is 4.64. The Kier molecular flexibility index (Phi) is 3.71. The van der Waals surface area contributed by atoms with E-state index in [4.69, 9.17) is 11.6 Å². The third-order valence-corrected chi connectivity index (χ3v) is 2.23. The monoisotopic (exact) mass is 213 g/mol. The SMILES string of the molecule is CCN(C)c1c(NC=O)ccnc1Cl. The number of pyridine rings is 1. The summed E-state index contributed by atoms with van der Waals surface area (Å²) in [4.78, 5) is 16.2. The van der Waals surface area contributed by atoms with E-state index in [1.54, 1.807) is 12.3 Å². The van der Waals surface area contributed by atoms with Crippen molar-refractivity contribution >= 4 is 29.4 Å². The highest BCUT2D eigenvalue weighted by Crippen LogP contribution is 2.30. The van der Waals surface area contributed by atoms with Gasteiger partial charge in [-0.1, -0.05) is 11.6 Å². The Morgan fingerprint density at radius 1 is 1.71 bits per heavy atom. The highest BCUT2D eigenvalue weighted by atomic mass is 35.5. The molecule has 1 aromatic rings. The van der Waals surface area contributed by atoms with Crippen molar-refractivity contribution in [1.82, 2.24) is 4.98 Å². The first-order chi connectivity index (χ1) is 6.70. The zero-order valence-electron chi connectivity index (χ0n) is 8.12. The van der Waals surface area contributed by atoms with Crippen LogP contribution >= 0.6 is 11.6 Å². The molecule has 0 saturated carbocycles. The van der Waals surface area contributed by atoms with Crippen LogP contribution in [-0.4, -0.2) is 25.0 Å². The van der Waals surface area contributed by atoms with Gasteiger partial charge in [-0.25, -0.2) is 4.98 Å². The first-order valence-electron chi connectivity index (χ1n) is 4.26. The molecule has 1 amide bonds. The van der Waals surface area contributed by atoms with E-state index in [9.17, 15) is 4.79 Å². The van der Waals surface area contributed by atoms with Crippen molar-refractivity contribution in [3.63, 3.8) is 0 Å². The maximum atomic E-state index is 10.4. The average molecular weight is 214 g/mol. The molecule has 0 radical (unpaired) electrons. The molecule has 1 aromatic heterocycles. The van der Waals surface area contributed by atoms with Gasteiger partial charge in [-0.3, -0.25) is 4.79 Å². The topological polar surface area (TPSA) is 45.2 Å². The molecule has 1 N–H and O–H groups in total. The van der Waals surface area contributed by atoms with Crippen molar-refractivity contribution in [3.8, 4) is 0 Å². The van der Waals surface area contributed by atoms with Crippen molar-refractivity contribution in [2.45, 2.75) is 6.92 Å². The Morgan fingerprint density at radius 3 is 3.00 bits per heavy atom. The van der Waals surface area contributed by atoms with Crippen LogP contribution in [0, 0.1) is 0 Å². The van der Waals surface area contributed by atoms with Crippen molar-refractivity contribution < 1.29 is 4.79 Å². The maximum Gasteiger partial charge on any atom is 0.211 e. The molecule has 14 heavy (non-hydrogen) atoms. The fraction of sp³-hybridized carbons (Fsp3) is 0.333. The van der Waals surface area contributed by atoms with Gasteiger partial charge in [-0.15, -0.1) is 0 Å². The predicted octanol–water partition coefficient (Wildman–Crippen LogP) is 1.76. The number of rotatable bonds is 4. The van der Waals surface area contributed by atoms with Crippen LogP contribution in [0.25, 0.3) is 0 Å². The minimum Gasteiger partial charge on any atom is -0.371 e. The van der Waals surface area contributed by atoms with Crippen molar-refractivity contribution in [1.29, 1.82) is 0 Å². The van der Waals surface area contributed by atoms with Crippen LogP contribution < -0.4 is 10.2 Å². The summed E-state index contributed by atoms with van der Waals surface area (Å²) in [6.45, 7) is 2.78. The molecule has 0 aliphatic heterocycles. The molecular weight excluding hydrogens is 202 g/mol. The van der Waals surface area contributed by atoms with Gasteiger partial charge in [0.1, 0.15) is 0 Å². The van der Waals surface area contributed by atoms with E-state index >= 15 is 0 Å². The molecule has 0 atom stereocenters. The van der Waals surface area contributed by atoms with Gasteiger partial charge in [0, 0.05) is 19.8 Å². The zero-order valence-corrected chi connectivity index (χ0v) is 8.88. The van der Waals surface area contributed by atoms with E-state index in [0.717, 1.165) is 12.2 Å². The summed E-state index contributed by atoms with van der Waals surface area (Å²) in [5.74, 6) is 0. The molecule has 0 aromatic carbocycles. The fourth-order valence-electron chi connectivity index (χ4n) is 1.13. The molecule has 0 saturated heterocycles. The lowest BCUT2D eigenvalue weighted by Gasteiger charge is -2.20. The first kappa shape index (κ1) is 10.8. The van der Waals surface area contributed by atoms with E-state index in [1.807, 2.05) is 18.9 Å². The van der Waals surface area contributed by atoms with Gasteiger partial charge >= 0.3 is 0 Å². The minimum absolute atomic E-state index is 0.390. The Bertz CT molecular complexity index is 330. The quantitative estimate of drug-likeness (QED) is 0.613. The van der Waals surface area contributed by atoms with Gasteiger partial charge in [0.25, 0.3) is 0 Å². The highest BCUT2D eigenvalue weighted by Gasteiger charge is 2.10. The average Bonchev–Trinajstić information content (AvgIpc) is 2.18. The van der Waals surface area contributed by atoms with Crippen LogP contribution in [0.5, 0.6) is 0 Å². The van der Waals surface area contributed by atoms with E-state index in [2.05, 4.69) is 10.3 Å². The number of carbonyl (C=O) groups is 1. The van der Waals surface area contributed by atoms with Crippen molar-refractivity contribution in [2.75, 3.05) is 23.8 Å². The molecule has 1 heterocycles. The van der Waals surface area contributed by atoms with E-state index < -0.39 is 0 Å². The maximum absolute atomic E-state index is 10.4. The lowest BCUT2D eigenvalue weighted by Crippen LogP contribution is -2.18. The van der Waals surface area contributed by atoms with Crippen LogP contribution in [0.1, 0.15) is 6.92 Å². The number of anilines is 2. The standard InChI is InChI=1S/C9H12ClN3O/c1-3-13(2)8-7(12-6-14)4-5-11-9(8)10/h4-6H,3H2,1-2H3,(H,11,12,14). The number of carbonyl (C=O) groups excluding carboxylic acids is 1. The lowest BCUT2D eigenvalue weighted by molar-refractivity contribution is -0.105. The molecule has 1 rings (SSSR count). The van der Waals surface area contributed by atoms with Gasteiger partial charge in [-0.2, -0.15) is 0 Å². The van der Waals surface area contributed by atoms with Crippen molar-refractivity contribution in [3.05, 3.63) is 17.4 Å². The number of hydrogen-bond donors (Lipinski definition) is 1. The molecule has 0 aliphatic rings. The molecule has 0 fully saturated rings. The van der Waals surface area contributed by atoms with Crippen LogP contribution in [0.15, 0.2) is 12.3 Å². The van der Waals surface area contributed by atoms with Gasteiger partial charge in [0.2, 0.25) is 6.41 Å². The largest absolute Gasteiger partial charge is 0.371 e. The summed E-state index contributed by atoms with van der Waals surface area (Å²) in [5.41, 5.74) is 1.41. The molecule has 4 nitrogen and oxygen atoms in total. The second kappa shape index (κ2) is 4.81. The van der Waals surface area contributed by atoms with Crippen LogP contribution in [0.3, 0.4) is 0 Å². The lowest BCUT2D eigenvalue weighted by atomic mass is 10.3. The van der Waals surface area contributed by atoms with Crippen LogP contribution in [0.2, 0.25) is 5.15 Å². The number of amides is 1. The van der Waals surface area contributed by atoms with E-state index in [-0.39, 0.29) is 0 Å². The molecule has 0 bridgehead atoms. The van der Waals surface area contributed by atoms with Crippen LogP contribution in [-0.2, 0) is 4.79 Å². The Labute approximate surface area is 87.9 Å². The number of nitrogens with zero attached hydrogens (tertiary/aromatic N) is 2. The summed E-state index contributed by atoms with van der Waals surface area (Å²) in [6, 6.07) is 1.71.